The van der Waals surface area contributed by atoms with Crippen LogP contribution in [0.15, 0.2) is 36.7 Å². The summed E-state index contributed by atoms with van der Waals surface area (Å²) in [6.45, 7) is 0. The molecule has 0 aliphatic carbocycles. The molecule has 1 aromatic heterocycles. The second kappa shape index (κ2) is 5.13. The maximum atomic E-state index is 5.28. The Morgan fingerprint density at radius 1 is 1.18 bits per heavy atom. The zero-order valence-electron chi connectivity index (χ0n) is 9.34. The molecule has 0 aliphatic heterocycles. The first kappa shape index (κ1) is 11.2. The predicted octanol–water partition coefficient (Wildman–Crippen LogP) is 1.51. The highest BCUT2D eigenvalue weighted by Gasteiger charge is 2.03. The summed E-state index contributed by atoms with van der Waals surface area (Å²) in [6, 6.07) is 9.28. The summed E-state index contributed by atoms with van der Waals surface area (Å²) in [5.41, 5.74) is 3.29. The van der Waals surface area contributed by atoms with Crippen LogP contribution < -0.4 is 21.3 Å². The molecule has 0 saturated heterocycles. The van der Waals surface area contributed by atoms with Gasteiger partial charge in [-0.25, -0.2) is 15.8 Å². The topological polar surface area (TPSA) is 85.1 Å². The number of para-hydroxylation sites is 2. The average Bonchev–Trinajstić information content (AvgIpc) is 2.39. The highest BCUT2D eigenvalue weighted by Crippen LogP contribution is 2.26. The van der Waals surface area contributed by atoms with Crippen LogP contribution in [-0.2, 0) is 0 Å². The Morgan fingerprint density at radius 3 is 2.71 bits per heavy atom. The lowest BCUT2D eigenvalue weighted by Crippen LogP contribution is -2.09. The summed E-state index contributed by atoms with van der Waals surface area (Å²) >= 11 is 0. The summed E-state index contributed by atoms with van der Waals surface area (Å²) in [4.78, 5) is 8.01. The molecular weight excluding hydrogens is 218 g/mol. The molecule has 0 fully saturated rings. The number of anilines is 3. The summed E-state index contributed by atoms with van der Waals surface area (Å²) in [5, 5.41) is 3.13. The van der Waals surface area contributed by atoms with Crippen molar-refractivity contribution in [3.63, 3.8) is 0 Å². The van der Waals surface area contributed by atoms with Crippen LogP contribution in [0.25, 0.3) is 0 Å². The standard InChI is InChI=1S/C11H13N5O/c1-17-9-5-3-2-4-8(9)15-10-6-11(16-12)14-7-13-10/h2-7H,12H2,1H3,(H2,13,14,15,16). The first-order chi connectivity index (χ1) is 8.33. The van der Waals surface area contributed by atoms with Crippen molar-refractivity contribution >= 4 is 17.3 Å². The van der Waals surface area contributed by atoms with Crippen molar-refractivity contribution in [1.82, 2.24) is 9.97 Å². The normalized spacial score (nSPS) is 9.76. The minimum atomic E-state index is 0.539. The van der Waals surface area contributed by atoms with Crippen LogP contribution in [0.2, 0.25) is 0 Å². The molecule has 0 atom stereocenters. The molecule has 4 N–H and O–H groups in total. The van der Waals surface area contributed by atoms with E-state index in [4.69, 9.17) is 10.6 Å². The van der Waals surface area contributed by atoms with E-state index in [1.807, 2.05) is 24.3 Å². The van der Waals surface area contributed by atoms with E-state index in [1.165, 1.54) is 6.33 Å². The minimum Gasteiger partial charge on any atom is -0.495 e. The molecule has 0 unspecified atom stereocenters. The lowest BCUT2D eigenvalue weighted by Gasteiger charge is -2.10. The van der Waals surface area contributed by atoms with Crippen molar-refractivity contribution in [1.29, 1.82) is 0 Å². The molecule has 0 spiro atoms. The summed E-state index contributed by atoms with van der Waals surface area (Å²) in [6.07, 6.45) is 1.42. The highest BCUT2D eigenvalue weighted by molar-refractivity contribution is 5.65. The van der Waals surface area contributed by atoms with E-state index in [0.717, 1.165) is 11.4 Å². The van der Waals surface area contributed by atoms with Gasteiger partial charge in [-0.2, -0.15) is 0 Å². The Labute approximate surface area is 98.8 Å². The first-order valence-electron chi connectivity index (χ1n) is 5.02. The number of nitrogens with zero attached hydrogens (tertiary/aromatic N) is 2. The zero-order chi connectivity index (χ0) is 12.1. The number of nitrogens with two attached hydrogens (primary N) is 1. The Morgan fingerprint density at radius 2 is 1.94 bits per heavy atom. The van der Waals surface area contributed by atoms with Gasteiger partial charge in [0.2, 0.25) is 0 Å². The van der Waals surface area contributed by atoms with Crippen LogP contribution in [-0.4, -0.2) is 17.1 Å². The van der Waals surface area contributed by atoms with Crippen LogP contribution >= 0.6 is 0 Å². The summed E-state index contributed by atoms with van der Waals surface area (Å²) in [7, 11) is 1.62. The molecule has 0 bridgehead atoms. The number of aromatic nitrogens is 2. The molecule has 1 aromatic carbocycles. The second-order valence-electron chi connectivity index (χ2n) is 3.26. The van der Waals surface area contributed by atoms with Crippen molar-refractivity contribution in [3.05, 3.63) is 36.7 Å². The van der Waals surface area contributed by atoms with Crippen molar-refractivity contribution < 1.29 is 4.74 Å². The largest absolute Gasteiger partial charge is 0.495 e. The lowest BCUT2D eigenvalue weighted by atomic mass is 10.3. The molecule has 0 radical (unpaired) electrons. The van der Waals surface area contributed by atoms with Gasteiger partial charge in [0, 0.05) is 6.07 Å². The van der Waals surface area contributed by atoms with E-state index in [0.29, 0.717) is 11.6 Å². The fraction of sp³-hybridized carbons (Fsp3) is 0.0909. The SMILES string of the molecule is COc1ccccc1Nc1cc(NN)ncn1. The summed E-state index contributed by atoms with van der Waals surface area (Å²) < 4.78 is 5.23. The number of rotatable bonds is 4. The monoisotopic (exact) mass is 231 g/mol. The molecule has 2 rings (SSSR count). The highest BCUT2D eigenvalue weighted by atomic mass is 16.5. The van der Waals surface area contributed by atoms with Crippen molar-refractivity contribution in [2.45, 2.75) is 0 Å². The average molecular weight is 231 g/mol. The smallest absolute Gasteiger partial charge is 0.145 e. The fourth-order valence-corrected chi connectivity index (χ4v) is 1.39. The van der Waals surface area contributed by atoms with Gasteiger partial charge in [-0.1, -0.05) is 12.1 Å². The Hall–Kier alpha value is -2.34. The van der Waals surface area contributed by atoms with Crippen LogP contribution in [0.3, 0.4) is 0 Å². The Bertz CT molecular complexity index is 503. The third-order valence-corrected chi connectivity index (χ3v) is 2.18. The van der Waals surface area contributed by atoms with E-state index in [2.05, 4.69) is 20.7 Å². The maximum absolute atomic E-state index is 5.28. The molecule has 0 aliphatic rings. The predicted molar refractivity (Wildman–Crippen MR) is 66.1 cm³/mol. The van der Waals surface area contributed by atoms with Crippen LogP contribution in [0.1, 0.15) is 0 Å². The van der Waals surface area contributed by atoms with E-state index in [1.54, 1.807) is 13.2 Å². The number of hydrazine groups is 1. The molecular formula is C11H13N5O. The summed E-state index contributed by atoms with van der Waals surface area (Å²) in [5.74, 6) is 7.20. The van der Waals surface area contributed by atoms with Crippen molar-refractivity contribution in [2.75, 3.05) is 17.9 Å². The molecule has 0 saturated carbocycles. The number of benzene rings is 1. The molecule has 0 amide bonds. The van der Waals surface area contributed by atoms with E-state index >= 15 is 0 Å². The minimum absolute atomic E-state index is 0.539. The third-order valence-electron chi connectivity index (χ3n) is 2.18. The quantitative estimate of drug-likeness (QED) is 0.546. The Balaban J connectivity index is 2.24. The molecule has 1 heterocycles. The molecule has 6 heteroatoms. The van der Waals surface area contributed by atoms with E-state index in [9.17, 15) is 0 Å². The van der Waals surface area contributed by atoms with Gasteiger partial charge in [0.1, 0.15) is 23.7 Å². The number of hydrogen-bond acceptors (Lipinski definition) is 6. The zero-order valence-corrected chi connectivity index (χ0v) is 9.34. The second-order valence-corrected chi connectivity index (χ2v) is 3.26. The molecule has 6 nitrogen and oxygen atoms in total. The van der Waals surface area contributed by atoms with Gasteiger partial charge < -0.3 is 15.5 Å². The van der Waals surface area contributed by atoms with Gasteiger partial charge in [-0.3, -0.25) is 0 Å². The van der Waals surface area contributed by atoms with Gasteiger partial charge in [-0.15, -0.1) is 0 Å². The lowest BCUT2D eigenvalue weighted by molar-refractivity contribution is 0.417. The van der Waals surface area contributed by atoms with Crippen molar-refractivity contribution in [2.24, 2.45) is 5.84 Å². The van der Waals surface area contributed by atoms with Crippen LogP contribution in [0, 0.1) is 0 Å². The number of hydrogen-bond donors (Lipinski definition) is 3. The number of nitrogens with one attached hydrogen (secondary N) is 2. The molecule has 88 valence electrons. The van der Waals surface area contributed by atoms with Crippen molar-refractivity contribution in [3.8, 4) is 5.75 Å². The molecule has 2 aromatic rings. The van der Waals surface area contributed by atoms with Crippen LogP contribution in [0.4, 0.5) is 17.3 Å². The van der Waals surface area contributed by atoms with E-state index in [-0.39, 0.29) is 0 Å². The van der Waals surface area contributed by atoms with Gasteiger partial charge in [0.15, 0.2) is 0 Å². The van der Waals surface area contributed by atoms with Gasteiger partial charge in [0.25, 0.3) is 0 Å². The number of nitrogen functional groups attached to an aromatic ring is 1. The maximum Gasteiger partial charge on any atom is 0.145 e. The van der Waals surface area contributed by atoms with Gasteiger partial charge in [-0.05, 0) is 12.1 Å². The van der Waals surface area contributed by atoms with Gasteiger partial charge >= 0.3 is 0 Å². The number of ether oxygens (including phenoxy) is 1. The fourth-order valence-electron chi connectivity index (χ4n) is 1.39. The third kappa shape index (κ3) is 2.61. The van der Waals surface area contributed by atoms with E-state index < -0.39 is 0 Å². The number of methoxy groups -OCH3 is 1. The Kier molecular flexibility index (Phi) is 3.37. The molecule has 17 heavy (non-hydrogen) atoms. The van der Waals surface area contributed by atoms with Crippen LogP contribution in [0.5, 0.6) is 5.75 Å². The first-order valence-corrected chi connectivity index (χ1v) is 5.02. The van der Waals surface area contributed by atoms with Gasteiger partial charge in [0.05, 0.1) is 12.8 Å².